The number of hydrogen-bond acceptors (Lipinski definition) is 2. The molecule has 3 rings (SSSR count). The van der Waals surface area contributed by atoms with Crippen molar-refractivity contribution in [2.24, 2.45) is 5.92 Å². The number of halogens is 5. The molecule has 2 fully saturated rings. The molecule has 144 valence electrons. The molecule has 1 aliphatic carbocycles. The maximum atomic E-state index is 13.3. The summed E-state index contributed by atoms with van der Waals surface area (Å²) in [6.45, 7) is 0.847. The van der Waals surface area contributed by atoms with E-state index in [4.69, 9.17) is 4.74 Å². The molecule has 1 atom stereocenters. The van der Waals surface area contributed by atoms with Gasteiger partial charge in [0.25, 0.3) is 0 Å². The summed E-state index contributed by atoms with van der Waals surface area (Å²) in [5.74, 6) is -3.27. The van der Waals surface area contributed by atoms with Crippen LogP contribution in [0.25, 0.3) is 0 Å². The number of alkyl halides is 5. The molecule has 1 aromatic rings. The van der Waals surface area contributed by atoms with Crippen LogP contribution in [0.5, 0.6) is 0 Å². The van der Waals surface area contributed by atoms with Gasteiger partial charge in [-0.1, -0.05) is 12.1 Å². The Morgan fingerprint density at radius 3 is 2.31 bits per heavy atom. The normalized spacial score (nSPS) is 24.5. The molecule has 0 unspecified atom stereocenters. The number of hydrogen-bond donors (Lipinski definition) is 0. The van der Waals surface area contributed by atoms with Crippen molar-refractivity contribution in [2.45, 2.75) is 43.9 Å². The fourth-order valence-corrected chi connectivity index (χ4v) is 3.48. The Morgan fingerprint density at radius 1 is 1.12 bits per heavy atom. The Bertz CT molecular complexity index is 634. The van der Waals surface area contributed by atoms with Crippen molar-refractivity contribution in [3.63, 3.8) is 0 Å². The Kier molecular flexibility index (Phi) is 5.23. The molecular formula is C18H20F5NO2. The lowest BCUT2D eigenvalue weighted by Gasteiger charge is -2.37. The maximum Gasteiger partial charge on any atom is 0.416 e. The molecule has 1 amide bonds. The van der Waals surface area contributed by atoms with Gasteiger partial charge in [-0.3, -0.25) is 4.79 Å². The number of ether oxygens (including phenoxy) is 1. The molecule has 8 heteroatoms. The first-order chi connectivity index (χ1) is 12.2. The first kappa shape index (κ1) is 19.1. The summed E-state index contributed by atoms with van der Waals surface area (Å²) in [6.07, 6.45) is -5.16. The van der Waals surface area contributed by atoms with Crippen LogP contribution < -0.4 is 0 Å². The number of carbonyl (C=O) groups is 1. The van der Waals surface area contributed by atoms with Crippen LogP contribution in [0.2, 0.25) is 0 Å². The van der Waals surface area contributed by atoms with E-state index in [1.54, 1.807) is 4.90 Å². The molecule has 0 bridgehead atoms. The van der Waals surface area contributed by atoms with Crippen LogP contribution in [-0.4, -0.2) is 36.4 Å². The predicted octanol–water partition coefficient (Wildman–Crippen LogP) is 4.43. The smallest absolute Gasteiger partial charge is 0.370 e. The molecule has 26 heavy (non-hydrogen) atoms. The highest BCUT2D eigenvalue weighted by Gasteiger charge is 2.39. The SMILES string of the molecule is O=C(C1CCC(F)(F)CC1)N1CCO[C@H](c2ccc(C(F)(F)F)cc2)C1. The molecule has 3 nitrogen and oxygen atoms in total. The Labute approximate surface area is 148 Å². The van der Waals surface area contributed by atoms with Gasteiger partial charge in [0.15, 0.2) is 0 Å². The van der Waals surface area contributed by atoms with Crippen LogP contribution >= 0.6 is 0 Å². The minimum atomic E-state index is -4.41. The van der Waals surface area contributed by atoms with Gasteiger partial charge in [0.05, 0.1) is 18.7 Å². The van der Waals surface area contributed by atoms with Gasteiger partial charge >= 0.3 is 6.18 Å². The van der Waals surface area contributed by atoms with E-state index in [-0.39, 0.29) is 44.7 Å². The number of morpholine rings is 1. The maximum absolute atomic E-state index is 13.3. The van der Waals surface area contributed by atoms with Crippen molar-refractivity contribution in [1.29, 1.82) is 0 Å². The summed E-state index contributed by atoms with van der Waals surface area (Å²) in [5.41, 5.74) is -0.182. The van der Waals surface area contributed by atoms with Gasteiger partial charge in [-0.15, -0.1) is 0 Å². The van der Waals surface area contributed by atoms with Gasteiger partial charge in [-0.05, 0) is 30.5 Å². The zero-order chi connectivity index (χ0) is 18.9. The lowest BCUT2D eigenvalue weighted by atomic mass is 9.85. The fourth-order valence-electron chi connectivity index (χ4n) is 3.48. The monoisotopic (exact) mass is 377 g/mol. The second-order valence-electron chi connectivity index (χ2n) is 6.89. The minimum Gasteiger partial charge on any atom is -0.370 e. The molecule has 1 heterocycles. The number of carbonyl (C=O) groups excluding carboxylic acids is 1. The molecule has 1 aromatic carbocycles. The highest BCUT2D eigenvalue weighted by Crippen LogP contribution is 2.37. The van der Waals surface area contributed by atoms with Gasteiger partial charge in [0.1, 0.15) is 6.10 Å². The summed E-state index contributed by atoms with van der Waals surface area (Å²) >= 11 is 0. The van der Waals surface area contributed by atoms with Crippen LogP contribution in [0.1, 0.15) is 42.9 Å². The van der Waals surface area contributed by atoms with Crippen molar-refractivity contribution in [1.82, 2.24) is 4.90 Å². The quantitative estimate of drug-likeness (QED) is 0.714. The molecule has 1 aliphatic heterocycles. The van der Waals surface area contributed by atoms with Crippen LogP contribution in [0.4, 0.5) is 22.0 Å². The summed E-state index contributed by atoms with van der Waals surface area (Å²) in [5, 5.41) is 0. The third-order valence-electron chi connectivity index (χ3n) is 5.05. The Hall–Kier alpha value is -1.70. The summed E-state index contributed by atoms with van der Waals surface area (Å²) in [7, 11) is 0. The van der Waals surface area contributed by atoms with Crippen molar-refractivity contribution < 1.29 is 31.5 Å². The second kappa shape index (κ2) is 7.13. The van der Waals surface area contributed by atoms with E-state index in [0.717, 1.165) is 12.1 Å². The zero-order valence-electron chi connectivity index (χ0n) is 14.1. The summed E-state index contributed by atoms with van der Waals surface area (Å²) in [4.78, 5) is 14.2. The Balaban J connectivity index is 1.63. The van der Waals surface area contributed by atoms with Gasteiger partial charge in [-0.2, -0.15) is 13.2 Å². The first-order valence-electron chi connectivity index (χ1n) is 8.61. The molecule has 0 radical (unpaired) electrons. The zero-order valence-corrected chi connectivity index (χ0v) is 14.1. The molecule has 1 saturated heterocycles. The largest absolute Gasteiger partial charge is 0.416 e. The molecule has 0 spiro atoms. The highest BCUT2D eigenvalue weighted by atomic mass is 19.4. The number of benzene rings is 1. The van der Waals surface area contributed by atoms with E-state index in [0.29, 0.717) is 12.1 Å². The standard InChI is InChI=1S/C18H20F5NO2/c19-17(20)7-5-13(6-8-17)16(25)24-9-10-26-15(11-24)12-1-3-14(4-2-12)18(21,22)23/h1-4,13,15H,5-11H2/t15-/m0/s1. The van der Waals surface area contributed by atoms with E-state index in [2.05, 4.69) is 0 Å². The average molecular weight is 377 g/mol. The lowest BCUT2D eigenvalue weighted by Crippen LogP contribution is -2.46. The summed E-state index contributed by atoms with van der Waals surface area (Å²) in [6, 6.07) is 4.68. The van der Waals surface area contributed by atoms with Crippen LogP contribution in [0.15, 0.2) is 24.3 Å². The molecule has 1 saturated carbocycles. The van der Waals surface area contributed by atoms with Crippen molar-refractivity contribution >= 4 is 5.91 Å². The van der Waals surface area contributed by atoms with Crippen molar-refractivity contribution in [2.75, 3.05) is 19.7 Å². The number of nitrogens with zero attached hydrogens (tertiary/aromatic N) is 1. The predicted molar refractivity (Wildman–Crippen MR) is 83.6 cm³/mol. The van der Waals surface area contributed by atoms with Crippen LogP contribution in [-0.2, 0) is 15.7 Å². The third kappa shape index (κ3) is 4.34. The van der Waals surface area contributed by atoms with Gasteiger partial charge in [-0.25, -0.2) is 8.78 Å². The van der Waals surface area contributed by atoms with Crippen LogP contribution in [0, 0.1) is 5.92 Å². The number of amides is 1. The highest BCUT2D eigenvalue weighted by molar-refractivity contribution is 5.79. The molecule has 2 aliphatic rings. The van der Waals surface area contributed by atoms with Crippen molar-refractivity contribution in [3.8, 4) is 0 Å². The topological polar surface area (TPSA) is 29.5 Å². The van der Waals surface area contributed by atoms with E-state index in [1.807, 2.05) is 0 Å². The summed E-state index contributed by atoms with van der Waals surface area (Å²) < 4.78 is 70.1. The van der Waals surface area contributed by atoms with Crippen LogP contribution in [0.3, 0.4) is 0 Å². The van der Waals surface area contributed by atoms with Crippen molar-refractivity contribution in [3.05, 3.63) is 35.4 Å². The molecule has 0 aromatic heterocycles. The fraction of sp³-hybridized carbons (Fsp3) is 0.611. The average Bonchev–Trinajstić information content (AvgIpc) is 2.61. The van der Waals surface area contributed by atoms with Gasteiger partial charge in [0, 0.05) is 25.3 Å². The molecule has 0 N–H and O–H groups in total. The number of rotatable bonds is 2. The van der Waals surface area contributed by atoms with E-state index >= 15 is 0 Å². The minimum absolute atomic E-state index is 0.161. The first-order valence-corrected chi connectivity index (χ1v) is 8.61. The van der Waals surface area contributed by atoms with E-state index < -0.39 is 29.7 Å². The second-order valence-corrected chi connectivity index (χ2v) is 6.89. The van der Waals surface area contributed by atoms with E-state index in [1.165, 1.54) is 12.1 Å². The van der Waals surface area contributed by atoms with Gasteiger partial charge < -0.3 is 9.64 Å². The van der Waals surface area contributed by atoms with Gasteiger partial charge in [0.2, 0.25) is 11.8 Å². The van der Waals surface area contributed by atoms with E-state index in [9.17, 15) is 26.7 Å². The molecular weight excluding hydrogens is 357 g/mol. The third-order valence-corrected chi connectivity index (χ3v) is 5.05. The lowest BCUT2D eigenvalue weighted by molar-refractivity contribution is -0.147. The Morgan fingerprint density at radius 2 is 1.73 bits per heavy atom.